The molecule has 0 aliphatic rings. The molecule has 0 spiro atoms. The number of rotatable bonds is 9. The van der Waals surface area contributed by atoms with Crippen molar-refractivity contribution in [2.75, 3.05) is 11.1 Å². The smallest absolute Gasteiger partial charge is 0.248 e. The first-order valence-electron chi connectivity index (χ1n) is 10.5. The number of hydrogen-bond acceptors (Lipinski definition) is 6. The Hall–Kier alpha value is -4.11. The van der Waals surface area contributed by atoms with Gasteiger partial charge in [-0.15, -0.1) is 10.2 Å². The number of anilines is 1. The lowest BCUT2D eigenvalue weighted by Gasteiger charge is -2.06. The van der Waals surface area contributed by atoms with Crippen molar-refractivity contribution in [1.82, 2.24) is 20.1 Å². The van der Waals surface area contributed by atoms with Gasteiger partial charge in [0.15, 0.2) is 11.0 Å². The summed E-state index contributed by atoms with van der Waals surface area (Å²) in [7, 11) is 1.85. The molecule has 2 aromatic carbocycles. The molecule has 9 heteroatoms. The Kier molecular flexibility index (Phi) is 7.56. The molecule has 172 valence electrons. The van der Waals surface area contributed by atoms with Crippen LogP contribution >= 0.6 is 11.8 Å². The highest BCUT2D eigenvalue weighted by molar-refractivity contribution is 7.99. The van der Waals surface area contributed by atoms with E-state index in [2.05, 4.69) is 20.8 Å². The largest absolute Gasteiger partial charge is 0.467 e. The Labute approximate surface area is 201 Å². The third-order valence-electron chi connectivity index (χ3n) is 4.84. The first kappa shape index (κ1) is 23.1. The van der Waals surface area contributed by atoms with Crippen molar-refractivity contribution in [2.45, 2.75) is 11.7 Å². The molecule has 2 amide bonds. The predicted molar refractivity (Wildman–Crippen MR) is 132 cm³/mol. The molecule has 34 heavy (non-hydrogen) atoms. The van der Waals surface area contributed by atoms with Gasteiger partial charge in [0.05, 0.1) is 18.6 Å². The van der Waals surface area contributed by atoms with Gasteiger partial charge >= 0.3 is 0 Å². The molecule has 0 unspecified atom stereocenters. The lowest BCUT2D eigenvalue weighted by atomic mass is 10.2. The standard InChI is InChI=1S/C25H23N5O3S/c1-30-24(28-29-25(30)34-17-23(32)26-16-21-8-5-15-33-21)19-10-12-20(13-11-19)27-22(31)14-9-18-6-3-2-4-7-18/h2-15H,16-17H2,1H3,(H,26,32)(H,27,31). The van der Waals surface area contributed by atoms with Gasteiger partial charge in [-0.2, -0.15) is 0 Å². The molecule has 0 atom stereocenters. The summed E-state index contributed by atoms with van der Waals surface area (Å²) < 4.78 is 7.04. The minimum Gasteiger partial charge on any atom is -0.467 e. The van der Waals surface area contributed by atoms with Gasteiger partial charge in [-0.25, -0.2) is 0 Å². The summed E-state index contributed by atoms with van der Waals surface area (Å²) in [6.45, 7) is 0.349. The van der Waals surface area contributed by atoms with Crippen molar-refractivity contribution in [3.05, 3.63) is 90.4 Å². The van der Waals surface area contributed by atoms with Crippen LogP contribution in [0.15, 0.2) is 88.6 Å². The van der Waals surface area contributed by atoms with Crippen molar-refractivity contribution in [3.8, 4) is 11.4 Å². The van der Waals surface area contributed by atoms with Gasteiger partial charge in [0.2, 0.25) is 11.8 Å². The molecule has 2 aromatic heterocycles. The van der Waals surface area contributed by atoms with Crippen LogP contribution in [-0.2, 0) is 23.2 Å². The maximum atomic E-state index is 12.2. The first-order valence-corrected chi connectivity index (χ1v) is 11.5. The fourth-order valence-corrected chi connectivity index (χ4v) is 3.84. The molecule has 4 aromatic rings. The van der Waals surface area contributed by atoms with E-state index in [0.717, 1.165) is 11.1 Å². The minimum atomic E-state index is -0.209. The number of furan rings is 1. The highest BCUT2D eigenvalue weighted by Gasteiger charge is 2.13. The fraction of sp³-hybridized carbons (Fsp3) is 0.120. The van der Waals surface area contributed by atoms with Gasteiger partial charge in [-0.1, -0.05) is 42.1 Å². The Balaban J connectivity index is 1.30. The molecule has 0 aliphatic carbocycles. The van der Waals surface area contributed by atoms with E-state index in [1.807, 2.05) is 66.2 Å². The highest BCUT2D eigenvalue weighted by Crippen LogP contribution is 2.24. The summed E-state index contributed by atoms with van der Waals surface area (Å²) in [5, 5.41) is 14.7. The number of carbonyl (C=O) groups is 2. The van der Waals surface area contributed by atoms with Crippen LogP contribution in [0.4, 0.5) is 5.69 Å². The second kappa shape index (κ2) is 11.2. The summed E-state index contributed by atoms with van der Waals surface area (Å²) in [4.78, 5) is 24.3. The zero-order valence-corrected chi connectivity index (χ0v) is 19.3. The van der Waals surface area contributed by atoms with Crippen molar-refractivity contribution in [1.29, 1.82) is 0 Å². The molecule has 0 bridgehead atoms. The van der Waals surface area contributed by atoms with E-state index in [-0.39, 0.29) is 17.6 Å². The van der Waals surface area contributed by atoms with Gasteiger partial charge in [0.1, 0.15) is 5.76 Å². The number of carbonyl (C=O) groups excluding carboxylic acids is 2. The SMILES string of the molecule is Cn1c(SCC(=O)NCc2ccco2)nnc1-c1ccc(NC(=O)C=Cc2ccccc2)cc1. The van der Waals surface area contributed by atoms with E-state index in [9.17, 15) is 9.59 Å². The topological polar surface area (TPSA) is 102 Å². The summed E-state index contributed by atoms with van der Waals surface area (Å²) in [5.74, 6) is 1.26. The van der Waals surface area contributed by atoms with E-state index in [1.54, 1.807) is 24.5 Å². The van der Waals surface area contributed by atoms with Crippen LogP contribution in [0.5, 0.6) is 0 Å². The zero-order chi connectivity index (χ0) is 23.8. The molecule has 0 aliphatic heterocycles. The molecular weight excluding hydrogens is 450 g/mol. The van der Waals surface area contributed by atoms with Gasteiger partial charge in [-0.3, -0.25) is 9.59 Å². The van der Waals surface area contributed by atoms with Crippen LogP contribution in [0.1, 0.15) is 11.3 Å². The zero-order valence-electron chi connectivity index (χ0n) is 18.5. The van der Waals surface area contributed by atoms with Crippen LogP contribution in [0.25, 0.3) is 17.5 Å². The van der Waals surface area contributed by atoms with Crippen LogP contribution in [-0.4, -0.2) is 32.3 Å². The summed E-state index contributed by atoms with van der Waals surface area (Å²) in [6.07, 6.45) is 4.83. The third kappa shape index (κ3) is 6.23. The summed E-state index contributed by atoms with van der Waals surface area (Å²) in [5.41, 5.74) is 2.48. The number of nitrogens with zero attached hydrogens (tertiary/aromatic N) is 3. The van der Waals surface area contributed by atoms with Crippen LogP contribution in [0, 0.1) is 0 Å². The lowest BCUT2D eigenvalue weighted by molar-refractivity contribution is -0.118. The van der Waals surface area contributed by atoms with Gasteiger partial charge in [-0.05, 0) is 48.0 Å². The van der Waals surface area contributed by atoms with Crippen molar-refractivity contribution < 1.29 is 14.0 Å². The first-order chi connectivity index (χ1) is 16.6. The maximum Gasteiger partial charge on any atom is 0.248 e. The normalized spacial score (nSPS) is 11.0. The van der Waals surface area contributed by atoms with Crippen molar-refractivity contribution in [2.24, 2.45) is 7.05 Å². The van der Waals surface area contributed by atoms with E-state index < -0.39 is 0 Å². The maximum absolute atomic E-state index is 12.2. The van der Waals surface area contributed by atoms with E-state index in [4.69, 9.17) is 4.42 Å². The minimum absolute atomic E-state index is 0.118. The van der Waals surface area contributed by atoms with Crippen LogP contribution in [0.3, 0.4) is 0 Å². The average Bonchev–Trinajstić information content (AvgIpc) is 3.51. The van der Waals surface area contributed by atoms with Crippen LogP contribution in [0.2, 0.25) is 0 Å². The lowest BCUT2D eigenvalue weighted by Crippen LogP contribution is -2.24. The number of aromatic nitrogens is 3. The highest BCUT2D eigenvalue weighted by atomic mass is 32.2. The average molecular weight is 474 g/mol. The van der Waals surface area contributed by atoms with Gasteiger partial charge in [0, 0.05) is 24.4 Å². The van der Waals surface area contributed by atoms with E-state index in [0.29, 0.717) is 29.0 Å². The van der Waals surface area contributed by atoms with Gasteiger partial charge in [0.25, 0.3) is 0 Å². The number of hydrogen-bond donors (Lipinski definition) is 2. The quantitative estimate of drug-likeness (QED) is 0.280. The Morgan fingerprint density at radius 1 is 1.03 bits per heavy atom. The second-order valence-electron chi connectivity index (χ2n) is 7.32. The number of amides is 2. The fourth-order valence-electron chi connectivity index (χ4n) is 3.09. The summed E-state index contributed by atoms with van der Waals surface area (Å²) >= 11 is 1.31. The van der Waals surface area contributed by atoms with E-state index >= 15 is 0 Å². The molecular formula is C25H23N5O3S. The molecule has 0 fully saturated rings. The Bertz CT molecular complexity index is 1270. The monoisotopic (exact) mass is 473 g/mol. The number of thioether (sulfide) groups is 1. The Morgan fingerprint density at radius 3 is 2.56 bits per heavy atom. The predicted octanol–water partition coefficient (Wildman–Crippen LogP) is 4.14. The summed E-state index contributed by atoms with van der Waals surface area (Å²) in [6, 6.07) is 20.6. The van der Waals surface area contributed by atoms with Crippen molar-refractivity contribution >= 4 is 35.3 Å². The van der Waals surface area contributed by atoms with Gasteiger partial charge < -0.3 is 19.6 Å². The molecule has 8 nitrogen and oxygen atoms in total. The van der Waals surface area contributed by atoms with Crippen molar-refractivity contribution in [3.63, 3.8) is 0 Å². The third-order valence-corrected chi connectivity index (χ3v) is 5.86. The van der Waals surface area contributed by atoms with E-state index in [1.165, 1.54) is 17.8 Å². The molecule has 2 N–H and O–H groups in total. The number of nitrogens with one attached hydrogen (secondary N) is 2. The Morgan fingerprint density at radius 2 is 1.82 bits per heavy atom. The number of benzene rings is 2. The molecule has 2 heterocycles. The van der Waals surface area contributed by atoms with Crippen LogP contribution < -0.4 is 10.6 Å². The molecule has 0 saturated heterocycles. The molecule has 4 rings (SSSR count). The molecule has 0 radical (unpaired) electrons. The second-order valence-corrected chi connectivity index (χ2v) is 8.26. The molecule has 0 saturated carbocycles.